The largest absolute Gasteiger partial charge is 0.497 e. The Morgan fingerprint density at radius 3 is 2.21 bits per heavy atom. The predicted molar refractivity (Wildman–Crippen MR) is 236 cm³/mol. The Morgan fingerprint density at radius 2 is 1.58 bits per heavy atom. The van der Waals surface area contributed by atoms with Gasteiger partial charge in [0.25, 0.3) is 0 Å². The van der Waals surface area contributed by atoms with Gasteiger partial charge in [-0.05, 0) is 52.9 Å². The Morgan fingerprint density at radius 1 is 0.903 bits per heavy atom. The Hall–Kier alpha value is -6.20. The maximum Gasteiger partial charge on any atom is 0.225 e. The number of methoxy groups -OCH3 is 2. The van der Waals surface area contributed by atoms with E-state index in [-0.39, 0.29) is 19.1 Å². The summed E-state index contributed by atoms with van der Waals surface area (Å²) in [6.07, 6.45) is 6.71. The number of hydrogen-bond donors (Lipinski definition) is 2. The van der Waals surface area contributed by atoms with Crippen molar-refractivity contribution in [1.29, 1.82) is 5.26 Å². The first-order chi connectivity index (χ1) is 30.5. The highest BCUT2D eigenvalue weighted by molar-refractivity contribution is 7.55. The topological polar surface area (TPSA) is 163 Å². The van der Waals surface area contributed by atoms with Gasteiger partial charge in [-0.1, -0.05) is 98.3 Å². The third kappa shape index (κ3) is 9.33. The van der Waals surface area contributed by atoms with Crippen LogP contribution < -0.4 is 20.2 Å². The first-order valence-electron chi connectivity index (χ1n) is 20.6. The van der Waals surface area contributed by atoms with E-state index in [0.29, 0.717) is 41.8 Å². The van der Waals surface area contributed by atoms with Crippen LogP contribution in [0.2, 0.25) is 0 Å². The first-order valence-corrected chi connectivity index (χ1v) is 21.8. The summed E-state index contributed by atoms with van der Waals surface area (Å²) < 4.78 is 41.1. The van der Waals surface area contributed by atoms with E-state index < -0.39 is 32.4 Å². The Kier molecular flexibility index (Phi) is 13.8. The number of nitrogens with zero attached hydrogens (tertiary/aromatic N) is 6. The van der Waals surface area contributed by atoms with Gasteiger partial charge in [0.1, 0.15) is 41.2 Å². The SMILES string of the molecule is CCCC(CC#N)OP(OC1CC(n2cnc3c(NCc4ccccc4)ncnc32)OC1COC(c1ccccc1)(c1ccc(OC)cc1)c1ccc(OC)cc1)c1cnc[nH]1. The van der Waals surface area contributed by atoms with E-state index in [1.54, 1.807) is 33.1 Å². The highest BCUT2D eigenvalue weighted by Gasteiger charge is 2.44. The molecule has 7 aromatic rings. The standard InChI is InChI=1S/C47H49N8O6P/c1-4-11-39(24-25-48)60-62(42-28-49-30-51-42)61-40-26-43(55-32-54-44-45(52-31-53-46(44)55)50-27-33-12-7-5-8-13-33)59-41(40)29-58-47(34-14-9-6-10-15-34,35-16-20-37(56-2)21-17-35)36-18-22-38(57-3)23-19-36/h5-10,12-23,28,30-32,39-41,43H,4,11,24,26-27,29H2,1-3H3,(H,49,51)(H,50,52,53). The number of nitriles is 1. The molecule has 5 unspecified atom stereocenters. The van der Waals surface area contributed by atoms with Crippen LogP contribution in [0.5, 0.6) is 11.5 Å². The Balaban J connectivity index is 1.17. The molecule has 0 radical (unpaired) electrons. The molecule has 0 amide bonds. The van der Waals surface area contributed by atoms with Gasteiger partial charge in [-0.2, -0.15) is 5.26 Å². The fraction of sp³-hybridized carbons (Fsp3) is 0.298. The fourth-order valence-electron chi connectivity index (χ4n) is 7.75. The molecule has 0 saturated carbocycles. The van der Waals surface area contributed by atoms with Gasteiger partial charge in [-0.15, -0.1) is 0 Å². The normalized spacial score (nSPS) is 17.4. The van der Waals surface area contributed by atoms with Crippen molar-refractivity contribution in [3.63, 3.8) is 0 Å². The van der Waals surface area contributed by atoms with E-state index in [9.17, 15) is 5.26 Å². The summed E-state index contributed by atoms with van der Waals surface area (Å²) in [5.74, 6) is 2.06. The van der Waals surface area contributed by atoms with Gasteiger partial charge >= 0.3 is 0 Å². The minimum Gasteiger partial charge on any atom is -0.497 e. The second-order valence-corrected chi connectivity index (χ2v) is 16.2. The van der Waals surface area contributed by atoms with Crippen LogP contribution in [-0.2, 0) is 30.7 Å². The zero-order chi connectivity index (χ0) is 42.7. The molecule has 1 saturated heterocycles. The zero-order valence-corrected chi connectivity index (χ0v) is 35.7. The second-order valence-electron chi connectivity index (χ2n) is 14.8. The molecule has 15 heteroatoms. The highest BCUT2D eigenvalue weighted by Crippen LogP contribution is 2.47. The van der Waals surface area contributed by atoms with Crippen molar-refractivity contribution in [2.45, 2.75) is 69.3 Å². The molecule has 14 nitrogen and oxygen atoms in total. The summed E-state index contributed by atoms with van der Waals surface area (Å²) in [5.41, 5.74) is 4.61. The molecule has 0 bridgehead atoms. The summed E-state index contributed by atoms with van der Waals surface area (Å²) >= 11 is 0. The predicted octanol–water partition coefficient (Wildman–Crippen LogP) is 8.60. The number of fused-ring (bicyclic) bond motifs is 1. The summed E-state index contributed by atoms with van der Waals surface area (Å²) in [6.45, 7) is 2.74. The molecule has 5 atom stereocenters. The molecule has 1 fully saturated rings. The van der Waals surface area contributed by atoms with Crippen molar-refractivity contribution >= 4 is 30.8 Å². The summed E-state index contributed by atoms with van der Waals surface area (Å²) in [5, 5.41) is 13.1. The number of aromatic nitrogens is 6. The number of hydrogen-bond acceptors (Lipinski definition) is 12. The first kappa shape index (κ1) is 42.5. The summed E-state index contributed by atoms with van der Waals surface area (Å²) in [4.78, 5) is 21.5. The molecule has 2 N–H and O–H groups in total. The monoisotopic (exact) mass is 852 g/mol. The number of rotatable bonds is 20. The summed E-state index contributed by atoms with van der Waals surface area (Å²) in [6, 6.07) is 38.4. The van der Waals surface area contributed by atoms with Crippen LogP contribution >= 0.6 is 8.38 Å². The lowest BCUT2D eigenvalue weighted by atomic mass is 9.80. The molecule has 1 aliphatic heterocycles. The average Bonchev–Trinajstić information content (AvgIpc) is 4.11. The second kappa shape index (κ2) is 20.1. The Bertz CT molecular complexity index is 2460. The van der Waals surface area contributed by atoms with Gasteiger partial charge in [-0.3, -0.25) is 4.57 Å². The number of benzene rings is 4. The van der Waals surface area contributed by atoms with Crippen molar-refractivity contribution in [2.75, 3.05) is 26.1 Å². The quantitative estimate of drug-likeness (QED) is 0.0556. The van der Waals surface area contributed by atoms with E-state index >= 15 is 0 Å². The maximum atomic E-state index is 9.70. The lowest BCUT2D eigenvalue weighted by molar-refractivity contribution is -0.0904. The van der Waals surface area contributed by atoms with Crippen molar-refractivity contribution in [2.24, 2.45) is 0 Å². The van der Waals surface area contributed by atoms with Crippen molar-refractivity contribution in [1.82, 2.24) is 29.5 Å². The number of H-pyrrole nitrogens is 1. The molecule has 62 heavy (non-hydrogen) atoms. The van der Waals surface area contributed by atoms with Crippen LogP contribution in [0.1, 0.15) is 61.1 Å². The zero-order valence-electron chi connectivity index (χ0n) is 34.8. The smallest absolute Gasteiger partial charge is 0.225 e. The van der Waals surface area contributed by atoms with Gasteiger partial charge in [0.05, 0.1) is 64.4 Å². The molecular formula is C47H49N8O6P. The number of nitrogens with one attached hydrogen (secondary N) is 2. The van der Waals surface area contributed by atoms with E-state index in [1.807, 2.05) is 89.5 Å². The third-order valence-electron chi connectivity index (χ3n) is 10.9. The molecular weight excluding hydrogens is 804 g/mol. The lowest BCUT2D eigenvalue weighted by Crippen LogP contribution is -2.38. The summed E-state index contributed by atoms with van der Waals surface area (Å²) in [7, 11) is 1.56. The average molecular weight is 853 g/mol. The highest BCUT2D eigenvalue weighted by atomic mass is 31.2. The van der Waals surface area contributed by atoms with Gasteiger partial charge in [-0.25, -0.2) is 19.9 Å². The van der Waals surface area contributed by atoms with Crippen LogP contribution in [0.3, 0.4) is 0 Å². The van der Waals surface area contributed by atoms with E-state index in [2.05, 4.69) is 62.5 Å². The third-order valence-corrected chi connectivity index (χ3v) is 12.5. The van der Waals surface area contributed by atoms with Gasteiger partial charge in [0.2, 0.25) is 8.38 Å². The van der Waals surface area contributed by atoms with Crippen molar-refractivity contribution in [3.05, 3.63) is 157 Å². The molecule has 0 spiro atoms. The molecule has 1 aliphatic rings. The van der Waals surface area contributed by atoms with Gasteiger partial charge in [0, 0.05) is 13.0 Å². The van der Waals surface area contributed by atoms with E-state index in [0.717, 1.165) is 40.2 Å². The van der Waals surface area contributed by atoms with Crippen LogP contribution in [0.4, 0.5) is 5.82 Å². The molecule has 318 valence electrons. The minimum absolute atomic E-state index is 0.0996. The van der Waals surface area contributed by atoms with E-state index in [1.165, 1.54) is 6.33 Å². The van der Waals surface area contributed by atoms with Crippen molar-refractivity contribution in [3.8, 4) is 17.6 Å². The number of aromatic amines is 1. The van der Waals surface area contributed by atoms with Crippen LogP contribution in [0, 0.1) is 11.3 Å². The van der Waals surface area contributed by atoms with Crippen LogP contribution in [-0.4, -0.2) is 68.6 Å². The van der Waals surface area contributed by atoms with Crippen LogP contribution in [0.25, 0.3) is 11.2 Å². The molecule has 0 aliphatic carbocycles. The van der Waals surface area contributed by atoms with E-state index in [4.69, 9.17) is 33.0 Å². The number of anilines is 1. The maximum absolute atomic E-state index is 9.70. The fourth-order valence-corrected chi connectivity index (χ4v) is 9.27. The number of ether oxygens (including phenoxy) is 4. The molecule has 4 heterocycles. The minimum atomic E-state index is -1.74. The lowest BCUT2D eigenvalue weighted by Gasteiger charge is -2.37. The molecule has 4 aromatic carbocycles. The van der Waals surface area contributed by atoms with Crippen LogP contribution in [0.15, 0.2) is 134 Å². The molecule has 8 rings (SSSR count). The van der Waals surface area contributed by atoms with Crippen molar-refractivity contribution < 1.29 is 28.0 Å². The molecule has 3 aromatic heterocycles. The Labute approximate surface area is 362 Å². The van der Waals surface area contributed by atoms with Gasteiger partial charge in [0.15, 0.2) is 17.0 Å². The number of imidazole rings is 2. The van der Waals surface area contributed by atoms with Gasteiger partial charge < -0.3 is 38.3 Å².